The van der Waals surface area contributed by atoms with Crippen molar-refractivity contribution < 1.29 is 52.7 Å². The van der Waals surface area contributed by atoms with E-state index in [2.05, 4.69) is 72.3 Å². The van der Waals surface area contributed by atoms with Crippen LogP contribution in [0.3, 0.4) is 0 Å². The molecule has 0 spiro atoms. The third-order valence-electron chi connectivity index (χ3n) is 16.0. The summed E-state index contributed by atoms with van der Waals surface area (Å²) in [4.78, 5) is 58.7. The molecule has 3 fully saturated rings. The highest BCUT2D eigenvalue weighted by Crippen LogP contribution is 2.40. The zero-order valence-electron chi connectivity index (χ0n) is 43.7. The Morgan fingerprint density at radius 3 is 2.31 bits per heavy atom. The number of aromatic nitrogens is 1. The molecule has 1 amide bonds. The Labute approximate surface area is 421 Å². The van der Waals surface area contributed by atoms with Gasteiger partial charge in [0.2, 0.25) is 5.79 Å². The van der Waals surface area contributed by atoms with Gasteiger partial charge in [0.25, 0.3) is 11.7 Å². The molecule has 3 aliphatic heterocycles. The summed E-state index contributed by atoms with van der Waals surface area (Å²) < 4.78 is 39.7. The lowest BCUT2D eigenvalue weighted by Crippen LogP contribution is -2.64. The molecule has 1 aliphatic carbocycles. The molecule has 13 unspecified atom stereocenters. The van der Waals surface area contributed by atoms with Crippen molar-refractivity contribution in [3.63, 3.8) is 0 Å². The molecule has 1 saturated carbocycles. The van der Waals surface area contributed by atoms with E-state index in [4.69, 9.17) is 28.4 Å². The van der Waals surface area contributed by atoms with Crippen LogP contribution in [0.15, 0.2) is 84.1 Å². The summed E-state index contributed by atoms with van der Waals surface area (Å²) in [5, 5.41) is 13.3. The van der Waals surface area contributed by atoms with E-state index in [0.717, 1.165) is 47.2 Å². The molecule has 13 atom stereocenters. The largest absolute Gasteiger partial charge is 0.488 e. The number of methoxy groups -OCH3 is 3. The fraction of sp³-hybridized carbons (Fsp3) is 0.621. The molecule has 13 heteroatoms. The van der Waals surface area contributed by atoms with Crippen molar-refractivity contribution in [3.05, 3.63) is 89.7 Å². The highest BCUT2D eigenvalue weighted by atomic mass is 16.7. The van der Waals surface area contributed by atoms with Gasteiger partial charge in [-0.1, -0.05) is 75.8 Å². The number of hydrogen-bond acceptors (Lipinski definition) is 11. The molecule has 13 nitrogen and oxygen atoms in total. The molecular weight excluding hydrogens is 901 g/mol. The number of benzene rings is 2. The molecule has 4 heterocycles. The summed E-state index contributed by atoms with van der Waals surface area (Å²) in [6.07, 6.45) is 10.0. The lowest BCUT2D eigenvalue weighted by Gasteiger charge is -2.47. The lowest BCUT2D eigenvalue weighted by atomic mass is 9.82. The number of ketones is 2. The Hall–Kier alpha value is -4.66. The molecule has 0 radical (unpaired) electrons. The number of amides is 1. The maximum Gasteiger partial charge on any atom is 0.329 e. The van der Waals surface area contributed by atoms with Gasteiger partial charge < -0.3 is 43.0 Å². The van der Waals surface area contributed by atoms with Gasteiger partial charge in [0.1, 0.15) is 35.9 Å². The van der Waals surface area contributed by atoms with Gasteiger partial charge in [0.15, 0.2) is 0 Å². The number of allylic oxidation sites excluding steroid dienone is 3. The molecule has 388 valence electrons. The van der Waals surface area contributed by atoms with Crippen LogP contribution < -0.4 is 4.74 Å². The van der Waals surface area contributed by atoms with Crippen LogP contribution in [0.5, 0.6) is 5.75 Å². The molecule has 3 aromatic rings. The van der Waals surface area contributed by atoms with Crippen LogP contribution in [0, 0.1) is 29.6 Å². The first-order chi connectivity index (χ1) is 34.1. The minimum atomic E-state index is -2.48. The molecule has 1 aromatic heterocycles. The molecule has 4 aliphatic rings. The number of carbonyl (C=O) groups is 4. The summed E-state index contributed by atoms with van der Waals surface area (Å²) in [7, 11) is 4.84. The number of carbonyl (C=O) groups excluding carboxylic acids is 4. The van der Waals surface area contributed by atoms with Crippen molar-refractivity contribution in [2.75, 3.05) is 27.9 Å². The predicted molar refractivity (Wildman–Crippen MR) is 273 cm³/mol. The second kappa shape index (κ2) is 24.4. The highest BCUT2D eigenvalue weighted by molar-refractivity contribution is 6.39. The number of hydrogen-bond donors (Lipinski definition) is 1. The number of Topliss-reactive ketones (excluding diaryl/α,β-unsaturated/α-hetero) is 2. The van der Waals surface area contributed by atoms with Gasteiger partial charge in [-0.3, -0.25) is 14.4 Å². The fourth-order valence-corrected chi connectivity index (χ4v) is 11.9. The predicted octanol–water partition coefficient (Wildman–Crippen LogP) is 9.59. The van der Waals surface area contributed by atoms with Gasteiger partial charge in [0.05, 0.1) is 18.3 Å². The average molecular weight is 981 g/mol. The van der Waals surface area contributed by atoms with Gasteiger partial charge in [-0.2, -0.15) is 0 Å². The third kappa shape index (κ3) is 12.8. The maximum absolute atomic E-state index is 14.6. The monoisotopic (exact) mass is 981 g/mol. The summed E-state index contributed by atoms with van der Waals surface area (Å²) in [6.45, 7) is 12.8. The zero-order valence-corrected chi connectivity index (χ0v) is 43.7. The van der Waals surface area contributed by atoms with E-state index in [9.17, 15) is 24.3 Å². The van der Waals surface area contributed by atoms with Gasteiger partial charge >= 0.3 is 5.97 Å². The summed E-state index contributed by atoms with van der Waals surface area (Å²) >= 11 is 0. The quantitative estimate of drug-likeness (QED) is 0.118. The van der Waals surface area contributed by atoms with E-state index in [0.29, 0.717) is 57.8 Å². The van der Waals surface area contributed by atoms with Gasteiger partial charge in [0, 0.05) is 69.8 Å². The summed E-state index contributed by atoms with van der Waals surface area (Å²) in [6, 6.07) is 17.7. The van der Waals surface area contributed by atoms with E-state index < -0.39 is 59.8 Å². The zero-order chi connectivity index (χ0) is 51.0. The number of piperidine rings is 1. The topological polar surface area (TPSA) is 152 Å². The van der Waals surface area contributed by atoms with Crippen molar-refractivity contribution in [1.29, 1.82) is 0 Å². The molecule has 71 heavy (non-hydrogen) atoms. The first-order valence-electron chi connectivity index (χ1n) is 26.3. The lowest BCUT2D eigenvalue weighted by molar-refractivity contribution is -0.302. The normalized spacial score (nSPS) is 34.2. The number of rotatable bonds is 10. The van der Waals surface area contributed by atoms with Gasteiger partial charge in [-0.25, -0.2) is 4.79 Å². The Morgan fingerprint density at radius 1 is 0.859 bits per heavy atom. The number of nitrogens with zero attached hydrogens (tertiary/aromatic N) is 2. The molecule has 2 saturated heterocycles. The van der Waals surface area contributed by atoms with Crippen LogP contribution in [0.4, 0.5) is 0 Å². The number of ether oxygens (including phenoxy) is 6. The van der Waals surface area contributed by atoms with Crippen molar-refractivity contribution in [2.24, 2.45) is 29.6 Å². The average Bonchev–Trinajstić information content (AvgIpc) is 3.77. The Kier molecular flexibility index (Phi) is 18.6. The number of cyclic esters (lactones) is 1. The number of esters is 1. The Bertz CT molecular complexity index is 2360. The summed E-state index contributed by atoms with van der Waals surface area (Å²) in [5.74, 6) is -5.41. The first-order valence-corrected chi connectivity index (χ1v) is 26.3. The minimum absolute atomic E-state index is 0.0814. The minimum Gasteiger partial charge on any atom is -0.488 e. The van der Waals surface area contributed by atoms with E-state index in [1.54, 1.807) is 28.3 Å². The van der Waals surface area contributed by atoms with Gasteiger partial charge in [-0.05, 0) is 138 Å². The van der Waals surface area contributed by atoms with E-state index in [-0.39, 0.29) is 54.6 Å². The Morgan fingerprint density at radius 2 is 1.59 bits per heavy atom. The second-order valence-corrected chi connectivity index (χ2v) is 21.3. The highest BCUT2D eigenvalue weighted by Gasteiger charge is 2.56. The van der Waals surface area contributed by atoms with Crippen molar-refractivity contribution in [1.82, 2.24) is 9.47 Å². The summed E-state index contributed by atoms with van der Waals surface area (Å²) in [5.41, 5.74) is 4.31. The number of fused-ring (bicyclic) bond motifs is 4. The van der Waals surface area contributed by atoms with E-state index in [1.165, 1.54) is 10.5 Å². The molecule has 7 rings (SSSR count). The Balaban J connectivity index is 1.12. The van der Waals surface area contributed by atoms with Crippen molar-refractivity contribution >= 4 is 34.3 Å². The van der Waals surface area contributed by atoms with Gasteiger partial charge in [-0.15, -0.1) is 0 Å². The number of aliphatic hydroxyl groups is 1. The molecule has 2 bridgehead atoms. The smallest absolute Gasteiger partial charge is 0.329 e. The molecule has 1 N–H and O–H groups in total. The van der Waals surface area contributed by atoms with Crippen LogP contribution in [-0.2, 0) is 49.4 Å². The van der Waals surface area contributed by atoms with Crippen LogP contribution >= 0.6 is 0 Å². The fourth-order valence-electron chi connectivity index (χ4n) is 11.9. The molecular formula is C58H80N2O11. The van der Waals surface area contributed by atoms with Crippen molar-refractivity contribution in [3.8, 4) is 5.75 Å². The second-order valence-electron chi connectivity index (χ2n) is 21.3. The van der Waals surface area contributed by atoms with Crippen LogP contribution in [-0.4, -0.2) is 114 Å². The van der Waals surface area contributed by atoms with Crippen LogP contribution in [0.25, 0.3) is 10.9 Å². The standard InChI is InChI=1S/C58H80N2O11/c1-10-43-29-36(2)28-37(3)30-51(67-8)54-52(68-9)32-40(6)58(65,71-54)55(62)56(63)60-26-15-14-18-47(60)57(64)70-53(38(4)19-23-48(43)61)39(5)31-42-20-24-49(50(33-42)66-7)69-45-21-22-46-44(34-45)25-27-59(46)35-41-16-12-11-13-17-41/h11-13,16-17,21-22,25,27,29,31,34,37-38,40,42-43,47,49-54,65H,10,14-15,18-20,23-24,26,28,30,32-33,35H2,1-9H3/b36-29+,39-31?. The van der Waals surface area contributed by atoms with Crippen LogP contribution in [0.2, 0.25) is 0 Å². The molecule has 2 aromatic carbocycles. The maximum atomic E-state index is 14.6. The van der Waals surface area contributed by atoms with Crippen molar-refractivity contribution in [2.45, 2.75) is 174 Å². The SMILES string of the molecule is CCC1/C=C(\C)CC(C)CC(OC)C2OC(O)(C(=O)C(=O)N3CCCCC3C(=O)OC(C(C)=CC3CCC(Oc4ccc5c(ccn5Cc5ccccc5)c4)C(OC)C3)C(C)CCC1=O)C(C)CC2OC. The first kappa shape index (κ1) is 54.1. The van der Waals surface area contributed by atoms with E-state index in [1.807, 2.05) is 39.8 Å². The third-order valence-corrected chi connectivity index (χ3v) is 16.0. The van der Waals surface area contributed by atoms with E-state index >= 15 is 0 Å². The van der Waals surface area contributed by atoms with Crippen LogP contribution in [0.1, 0.15) is 124 Å².